The fraction of sp³-hybridized carbons (Fsp3) is 0.333. The number of nitrogens with zero attached hydrogens (tertiary/aromatic N) is 2. The molecule has 1 aliphatic rings. The van der Waals surface area contributed by atoms with Gasteiger partial charge in [0.1, 0.15) is 11.6 Å². The quantitative estimate of drug-likeness (QED) is 0.540. The molecule has 0 aliphatic carbocycles. The molecule has 4 rings (SSSR count). The molecule has 1 aromatic heterocycles. The number of amides is 1. The van der Waals surface area contributed by atoms with Crippen LogP contribution in [0.2, 0.25) is 5.02 Å². The number of ether oxygens (including phenoxy) is 1. The van der Waals surface area contributed by atoms with Crippen LogP contribution in [0, 0.1) is 11.7 Å². The first kappa shape index (κ1) is 22.9. The van der Waals surface area contributed by atoms with Gasteiger partial charge in [0.2, 0.25) is 15.9 Å². The van der Waals surface area contributed by atoms with E-state index in [-0.39, 0.29) is 34.8 Å². The first-order valence-electron chi connectivity index (χ1n) is 10.1. The number of hydrogen-bond donors (Lipinski definition) is 1. The number of benzene rings is 2. The lowest BCUT2D eigenvalue weighted by Crippen LogP contribution is -2.41. The minimum Gasteiger partial charge on any atom is -0.494 e. The van der Waals surface area contributed by atoms with Crippen molar-refractivity contribution < 1.29 is 22.3 Å². The number of thiazole rings is 1. The van der Waals surface area contributed by atoms with E-state index in [2.05, 4.69) is 10.3 Å². The molecule has 3 aromatic rings. The highest BCUT2D eigenvalue weighted by Gasteiger charge is 2.32. The summed E-state index contributed by atoms with van der Waals surface area (Å²) in [6.07, 6.45) is 0.749. The van der Waals surface area contributed by atoms with Crippen molar-refractivity contribution in [1.82, 2.24) is 9.29 Å². The van der Waals surface area contributed by atoms with Gasteiger partial charge in [-0.25, -0.2) is 17.8 Å². The van der Waals surface area contributed by atoms with Gasteiger partial charge < -0.3 is 10.1 Å². The van der Waals surface area contributed by atoms with Crippen LogP contribution in [0.25, 0.3) is 10.2 Å². The van der Waals surface area contributed by atoms with E-state index < -0.39 is 15.8 Å². The summed E-state index contributed by atoms with van der Waals surface area (Å²) in [5, 5.41) is 3.10. The number of nitrogens with one attached hydrogen (secondary N) is 1. The van der Waals surface area contributed by atoms with Gasteiger partial charge in [-0.3, -0.25) is 4.79 Å². The van der Waals surface area contributed by atoms with Crippen LogP contribution in [0.4, 0.5) is 9.52 Å². The normalized spacial score (nSPS) is 15.7. The second-order valence-corrected chi connectivity index (χ2v) is 10.7. The zero-order chi connectivity index (χ0) is 22.9. The number of anilines is 1. The Hall–Kier alpha value is -2.27. The summed E-state index contributed by atoms with van der Waals surface area (Å²) in [5.41, 5.74) is 0.771. The highest BCUT2D eigenvalue weighted by Crippen LogP contribution is 2.31. The van der Waals surface area contributed by atoms with E-state index in [4.69, 9.17) is 16.3 Å². The van der Waals surface area contributed by atoms with Crippen molar-refractivity contribution in [2.45, 2.75) is 24.7 Å². The molecular weight excluding hydrogens is 477 g/mol. The van der Waals surface area contributed by atoms with E-state index in [1.807, 2.05) is 25.1 Å². The minimum atomic E-state index is -3.81. The molecule has 0 radical (unpaired) electrons. The van der Waals surface area contributed by atoms with Gasteiger partial charge in [0, 0.05) is 19.0 Å². The topological polar surface area (TPSA) is 88.6 Å². The van der Waals surface area contributed by atoms with Crippen molar-refractivity contribution in [2.24, 2.45) is 5.92 Å². The van der Waals surface area contributed by atoms with Gasteiger partial charge in [0.05, 0.1) is 26.7 Å². The van der Waals surface area contributed by atoms with Gasteiger partial charge in [-0.15, -0.1) is 0 Å². The fourth-order valence-electron chi connectivity index (χ4n) is 3.57. The van der Waals surface area contributed by atoms with Gasteiger partial charge in [-0.2, -0.15) is 4.31 Å². The van der Waals surface area contributed by atoms with Crippen LogP contribution >= 0.6 is 22.9 Å². The molecule has 1 saturated heterocycles. The Morgan fingerprint density at radius 3 is 2.72 bits per heavy atom. The zero-order valence-electron chi connectivity index (χ0n) is 17.2. The van der Waals surface area contributed by atoms with Crippen LogP contribution < -0.4 is 10.1 Å². The maximum absolute atomic E-state index is 13.4. The predicted octanol–water partition coefficient (Wildman–Crippen LogP) is 4.53. The molecule has 1 fully saturated rings. The van der Waals surface area contributed by atoms with Crippen molar-refractivity contribution in [3.8, 4) is 5.75 Å². The number of carbonyl (C=O) groups excluding carboxylic acids is 1. The molecule has 11 heteroatoms. The lowest BCUT2D eigenvalue weighted by molar-refractivity contribution is -0.120. The number of rotatable bonds is 6. The maximum atomic E-state index is 13.4. The highest BCUT2D eigenvalue weighted by molar-refractivity contribution is 7.89. The highest BCUT2D eigenvalue weighted by atomic mass is 35.5. The maximum Gasteiger partial charge on any atom is 0.243 e. The van der Waals surface area contributed by atoms with E-state index in [0.717, 1.165) is 28.1 Å². The van der Waals surface area contributed by atoms with Crippen LogP contribution in [0.3, 0.4) is 0 Å². The van der Waals surface area contributed by atoms with Crippen molar-refractivity contribution in [3.63, 3.8) is 0 Å². The number of sulfonamides is 1. The molecular formula is C21H21ClFN3O4S2. The van der Waals surface area contributed by atoms with E-state index in [1.54, 1.807) is 0 Å². The summed E-state index contributed by atoms with van der Waals surface area (Å²) in [4.78, 5) is 17.1. The standard InChI is InChI=1S/C21H21ClFN3O4S2/c1-2-30-14-3-6-18-19(11-14)31-21(24-18)25-20(27)13-7-9-26(10-8-13)32(28,29)15-4-5-17(23)16(22)12-15/h3-6,11-13H,2,7-10H2,1H3,(H,24,25,27). The number of fused-ring (bicyclic) bond motifs is 1. The molecule has 1 amide bonds. The molecule has 0 spiro atoms. The Bertz CT molecular complexity index is 1260. The van der Waals surface area contributed by atoms with Crippen LogP contribution in [0.5, 0.6) is 5.75 Å². The summed E-state index contributed by atoms with van der Waals surface area (Å²) in [6, 6.07) is 8.90. The third-order valence-corrected chi connectivity index (χ3v) is 8.37. The lowest BCUT2D eigenvalue weighted by Gasteiger charge is -2.30. The minimum absolute atomic E-state index is 0.0623. The van der Waals surface area contributed by atoms with Crippen LogP contribution in [-0.2, 0) is 14.8 Å². The Balaban J connectivity index is 1.39. The van der Waals surface area contributed by atoms with Gasteiger partial charge in [-0.1, -0.05) is 22.9 Å². The zero-order valence-corrected chi connectivity index (χ0v) is 19.6. The van der Waals surface area contributed by atoms with E-state index in [1.165, 1.54) is 21.7 Å². The monoisotopic (exact) mass is 497 g/mol. The fourth-order valence-corrected chi connectivity index (χ4v) is 6.21. The van der Waals surface area contributed by atoms with Crippen LogP contribution in [-0.4, -0.2) is 43.3 Å². The lowest BCUT2D eigenvalue weighted by atomic mass is 9.97. The second-order valence-electron chi connectivity index (χ2n) is 7.33. The van der Waals surface area contributed by atoms with Crippen molar-refractivity contribution in [3.05, 3.63) is 47.2 Å². The predicted molar refractivity (Wildman–Crippen MR) is 122 cm³/mol. The third-order valence-electron chi connectivity index (χ3n) is 5.25. The largest absolute Gasteiger partial charge is 0.494 e. The SMILES string of the molecule is CCOc1ccc2nc(NC(=O)C3CCN(S(=O)(=O)c4ccc(F)c(Cl)c4)CC3)sc2c1. The number of piperidine rings is 1. The van der Waals surface area contributed by atoms with E-state index in [9.17, 15) is 17.6 Å². The third kappa shape index (κ3) is 4.73. The van der Waals surface area contributed by atoms with Gasteiger partial charge in [0.25, 0.3) is 0 Å². The molecule has 0 unspecified atom stereocenters. The summed E-state index contributed by atoms with van der Waals surface area (Å²) in [5.74, 6) is -0.442. The van der Waals surface area contributed by atoms with Crippen LogP contribution in [0.15, 0.2) is 41.3 Å². The Labute approximate surface area is 194 Å². The first-order valence-corrected chi connectivity index (χ1v) is 12.7. The molecule has 7 nitrogen and oxygen atoms in total. The number of hydrogen-bond acceptors (Lipinski definition) is 6. The molecule has 2 heterocycles. The molecule has 0 bridgehead atoms. The Kier molecular flexibility index (Phi) is 6.66. The van der Waals surface area contributed by atoms with Crippen molar-refractivity contribution >= 4 is 54.2 Å². The average molecular weight is 498 g/mol. The smallest absolute Gasteiger partial charge is 0.243 e. The van der Waals surface area contributed by atoms with Gasteiger partial charge in [-0.05, 0) is 56.2 Å². The summed E-state index contributed by atoms with van der Waals surface area (Å²) >= 11 is 7.09. The number of carbonyl (C=O) groups is 1. The molecule has 0 saturated carbocycles. The van der Waals surface area contributed by atoms with Crippen molar-refractivity contribution in [1.29, 1.82) is 0 Å². The molecule has 0 atom stereocenters. The van der Waals surface area contributed by atoms with Crippen LogP contribution in [0.1, 0.15) is 19.8 Å². The molecule has 1 aliphatic heterocycles. The number of halogens is 2. The second kappa shape index (κ2) is 9.30. The Morgan fingerprint density at radius 1 is 1.28 bits per heavy atom. The first-order chi connectivity index (χ1) is 15.3. The molecule has 32 heavy (non-hydrogen) atoms. The summed E-state index contributed by atoms with van der Waals surface area (Å²) in [7, 11) is -3.81. The van der Waals surface area contributed by atoms with Crippen molar-refractivity contribution in [2.75, 3.05) is 25.0 Å². The van der Waals surface area contributed by atoms with E-state index in [0.29, 0.717) is 24.6 Å². The summed E-state index contributed by atoms with van der Waals surface area (Å²) in [6.45, 7) is 2.85. The Morgan fingerprint density at radius 2 is 2.03 bits per heavy atom. The number of aromatic nitrogens is 1. The molecule has 2 aromatic carbocycles. The molecule has 1 N–H and O–H groups in total. The van der Waals surface area contributed by atoms with E-state index >= 15 is 0 Å². The van der Waals surface area contributed by atoms with Gasteiger partial charge >= 0.3 is 0 Å². The summed E-state index contributed by atoms with van der Waals surface area (Å²) < 4.78 is 46.7. The average Bonchev–Trinajstić information content (AvgIpc) is 3.17. The molecule has 170 valence electrons. The van der Waals surface area contributed by atoms with Gasteiger partial charge in [0.15, 0.2) is 5.13 Å².